The number of benzene rings is 2. The summed E-state index contributed by atoms with van der Waals surface area (Å²) in [6.07, 6.45) is 10.2. The van der Waals surface area contributed by atoms with Gasteiger partial charge in [-0.2, -0.15) is 0 Å². The zero-order valence-electron chi connectivity index (χ0n) is 23.3. The van der Waals surface area contributed by atoms with Crippen molar-refractivity contribution in [2.24, 2.45) is 5.41 Å². The van der Waals surface area contributed by atoms with Gasteiger partial charge in [0.2, 0.25) is 0 Å². The van der Waals surface area contributed by atoms with Crippen molar-refractivity contribution >= 4 is 17.9 Å². The highest BCUT2D eigenvalue weighted by Crippen LogP contribution is 2.32. The number of aliphatic hydroxyl groups excluding tert-OH is 2. The number of carbonyl (C=O) groups is 3. The average Bonchev–Trinajstić information content (AvgIpc) is 2.97. The second-order valence-electron chi connectivity index (χ2n) is 10.1. The van der Waals surface area contributed by atoms with Crippen molar-refractivity contribution in [3.8, 4) is 11.5 Å². The Morgan fingerprint density at radius 2 is 1.27 bits per heavy atom. The van der Waals surface area contributed by atoms with Gasteiger partial charge in [0, 0.05) is 0 Å². The van der Waals surface area contributed by atoms with Crippen LogP contribution in [0.5, 0.6) is 11.5 Å². The molecule has 0 aliphatic rings. The number of esters is 2. The van der Waals surface area contributed by atoms with Crippen LogP contribution in [-0.2, 0) is 9.53 Å². The van der Waals surface area contributed by atoms with Crippen LogP contribution in [0.15, 0.2) is 48.5 Å². The molecular weight excluding hydrogens is 516 g/mol. The molecule has 0 amide bonds. The number of hydrogen-bond donors (Lipinski definition) is 3. The van der Waals surface area contributed by atoms with Crippen molar-refractivity contribution in [2.45, 2.75) is 71.1 Å². The van der Waals surface area contributed by atoms with E-state index in [4.69, 9.17) is 14.2 Å². The van der Waals surface area contributed by atoms with Crippen LogP contribution in [0.4, 0.5) is 0 Å². The predicted octanol–water partition coefficient (Wildman–Crippen LogP) is 5.42. The van der Waals surface area contributed by atoms with Gasteiger partial charge in [0.25, 0.3) is 0 Å². The number of para-hydroxylation sites is 1. The Labute approximate surface area is 236 Å². The third kappa shape index (κ3) is 11.0. The summed E-state index contributed by atoms with van der Waals surface area (Å²) in [5, 5.41) is 27.9. The molecule has 0 aromatic heterocycles. The first-order chi connectivity index (χ1) is 19.3. The predicted molar refractivity (Wildman–Crippen MR) is 150 cm³/mol. The molecule has 9 heteroatoms. The van der Waals surface area contributed by atoms with Crippen molar-refractivity contribution in [1.82, 2.24) is 0 Å². The number of hydrogen-bond acceptors (Lipinski definition) is 8. The van der Waals surface area contributed by atoms with Crippen LogP contribution in [0.25, 0.3) is 0 Å². The molecule has 2 aromatic carbocycles. The molecule has 2 rings (SSSR count). The van der Waals surface area contributed by atoms with E-state index in [1.54, 1.807) is 42.5 Å². The SMILES string of the molecule is CC(CO)(CO)C(=O)OCCCCCCCCCCCCOc1cccc(C(=O)O)c1OC(=O)c1ccccc1. The molecule has 0 unspecified atom stereocenters. The summed E-state index contributed by atoms with van der Waals surface area (Å²) in [4.78, 5) is 36.0. The van der Waals surface area contributed by atoms with E-state index in [-0.39, 0.29) is 17.1 Å². The molecule has 0 aliphatic carbocycles. The van der Waals surface area contributed by atoms with Crippen LogP contribution >= 0.6 is 0 Å². The lowest BCUT2D eigenvalue weighted by atomic mass is 9.93. The zero-order chi connectivity index (χ0) is 29.2. The Hall–Kier alpha value is -3.43. The summed E-state index contributed by atoms with van der Waals surface area (Å²) >= 11 is 0. The molecule has 2 aromatic rings. The van der Waals surface area contributed by atoms with Crippen LogP contribution < -0.4 is 9.47 Å². The van der Waals surface area contributed by atoms with E-state index in [9.17, 15) is 29.7 Å². The van der Waals surface area contributed by atoms with Gasteiger partial charge in [0.1, 0.15) is 11.0 Å². The summed E-state index contributed by atoms with van der Waals surface area (Å²) in [6, 6.07) is 12.9. The average molecular weight is 559 g/mol. The summed E-state index contributed by atoms with van der Waals surface area (Å²) in [5.41, 5.74) is -1.05. The molecule has 0 bridgehead atoms. The number of unbranched alkanes of at least 4 members (excludes halogenated alkanes) is 9. The van der Waals surface area contributed by atoms with Gasteiger partial charge in [0.15, 0.2) is 11.5 Å². The number of carboxylic acid groups (broad SMARTS) is 1. The number of carbonyl (C=O) groups excluding carboxylic acids is 2. The zero-order valence-corrected chi connectivity index (χ0v) is 23.3. The molecule has 220 valence electrons. The second-order valence-corrected chi connectivity index (χ2v) is 10.1. The molecule has 0 spiro atoms. The highest BCUT2D eigenvalue weighted by Gasteiger charge is 2.33. The lowest BCUT2D eigenvalue weighted by Gasteiger charge is -2.22. The number of aliphatic hydroxyl groups is 2. The maximum atomic E-state index is 12.5. The largest absolute Gasteiger partial charge is 0.490 e. The molecule has 3 N–H and O–H groups in total. The van der Waals surface area contributed by atoms with Crippen molar-refractivity contribution in [1.29, 1.82) is 0 Å². The van der Waals surface area contributed by atoms with Gasteiger partial charge in [-0.1, -0.05) is 75.6 Å². The van der Waals surface area contributed by atoms with E-state index >= 15 is 0 Å². The van der Waals surface area contributed by atoms with E-state index in [1.807, 2.05) is 0 Å². The first-order valence-electron chi connectivity index (χ1n) is 14.0. The first-order valence-corrected chi connectivity index (χ1v) is 14.0. The van der Waals surface area contributed by atoms with Gasteiger partial charge < -0.3 is 29.5 Å². The summed E-state index contributed by atoms with van der Waals surface area (Å²) in [5.74, 6) is -2.27. The van der Waals surface area contributed by atoms with Crippen molar-refractivity contribution < 1.29 is 43.9 Å². The fourth-order valence-electron chi connectivity index (χ4n) is 3.95. The van der Waals surface area contributed by atoms with Gasteiger partial charge in [-0.15, -0.1) is 0 Å². The normalized spacial score (nSPS) is 11.2. The van der Waals surface area contributed by atoms with E-state index in [0.717, 1.165) is 64.2 Å². The number of rotatable bonds is 20. The van der Waals surface area contributed by atoms with Crippen molar-refractivity contribution in [3.05, 3.63) is 59.7 Å². The number of ether oxygens (including phenoxy) is 3. The molecule has 0 aliphatic heterocycles. The number of carboxylic acids is 1. The van der Waals surface area contributed by atoms with Gasteiger partial charge >= 0.3 is 17.9 Å². The van der Waals surface area contributed by atoms with Crippen LogP contribution in [0, 0.1) is 5.41 Å². The third-order valence-corrected chi connectivity index (χ3v) is 6.63. The van der Waals surface area contributed by atoms with Crippen molar-refractivity contribution in [3.63, 3.8) is 0 Å². The third-order valence-electron chi connectivity index (χ3n) is 6.63. The van der Waals surface area contributed by atoms with Gasteiger partial charge in [-0.3, -0.25) is 4.79 Å². The minimum Gasteiger partial charge on any atom is -0.490 e. The summed E-state index contributed by atoms with van der Waals surface area (Å²) < 4.78 is 16.4. The molecule has 0 atom stereocenters. The van der Waals surface area contributed by atoms with Crippen molar-refractivity contribution in [2.75, 3.05) is 26.4 Å². The van der Waals surface area contributed by atoms with Crippen LogP contribution in [0.3, 0.4) is 0 Å². The first kappa shape index (κ1) is 32.8. The highest BCUT2D eigenvalue weighted by atomic mass is 16.6. The Balaban J connectivity index is 1.59. The van der Waals surface area contributed by atoms with Crippen LogP contribution in [0.2, 0.25) is 0 Å². The van der Waals surface area contributed by atoms with Gasteiger partial charge in [0.05, 0.1) is 32.0 Å². The monoisotopic (exact) mass is 558 g/mol. The Bertz CT molecular complexity index is 1050. The lowest BCUT2D eigenvalue weighted by molar-refractivity contribution is -0.160. The van der Waals surface area contributed by atoms with Gasteiger partial charge in [-0.05, 0) is 44.0 Å². The van der Waals surface area contributed by atoms with Crippen LogP contribution in [0.1, 0.15) is 91.8 Å². The molecule has 9 nitrogen and oxygen atoms in total. The fraction of sp³-hybridized carbons (Fsp3) is 0.516. The van der Waals surface area contributed by atoms with E-state index in [2.05, 4.69) is 0 Å². The topological polar surface area (TPSA) is 140 Å². The minimum absolute atomic E-state index is 0.0872. The maximum Gasteiger partial charge on any atom is 0.343 e. The van der Waals surface area contributed by atoms with E-state index < -0.39 is 36.5 Å². The second kappa shape index (κ2) is 18.0. The van der Waals surface area contributed by atoms with E-state index in [1.165, 1.54) is 13.0 Å². The quantitative estimate of drug-likeness (QED) is 0.110. The summed E-state index contributed by atoms with van der Waals surface area (Å²) in [7, 11) is 0. The number of aromatic carboxylic acids is 1. The Kier molecular flexibility index (Phi) is 14.8. The Morgan fingerprint density at radius 3 is 1.82 bits per heavy atom. The minimum atomic E-state index is -1.24. The smallest absolute Gasteiger partial charge is 0.343 e. The molecular formula is C31H42O9. The molecule has 40 heavy (non-hydrogen) atoms. The fourth-order valence-corrected chi connectivity index (χ4v) is 3.95. The molecule has 0 fully saturated rings. The standard InChI is InChI=1S/C31H42O9/c1-31(22-32,23-33)30(37)39-21-14-9-7-5-3-2-4-6-8-13-20-38-26-19-15-18-25(28(34)35)27(26)40-29(36)24-16-11-10-12-17-24/h10-12,15-19,32-33H,2-9,13-14,20-23H2,1H3,(H,34,35). The highest BCUT2D eigenvalue weighted by molar-refractivity contribution is 5.96. The molecule has 0 radical (unpaired) electrons. The molecule has 0 saturated carbocycles. The molecule has 0 saturated heterocycles. The maximum absolute atomic E-state index is 12.5. The lowest BCUT2D eigenvalue weighted by Crippen LogP contribution is -2.37. The Morgan fingerprint density at radius 1 is 0.725 bits per heavy atom. The van der Waals surface area contributed by atoms with Crippen LogP contribution in [-0.4, -0.2) is 59.7 Å². The molecule has 0 heterocycles. The van der Waals surface area contributed by atoms with Gasteiger partial charge in [-0.25, -0.2) is 9.59 Å². The van der Waals surface area contributed by atoms with E-state index in [0.29, 0.717) is 18.8 Å². The summed E-state index contributed by atoms with van der Waals surface area (Å²) in [6.45, 7) is 1.28.